The SMILES string of the molecule is CCC(CCCN1CCN(CCOc2ccc3c(c2)OCO3)CC1)c1ccc(C#N)c(C)c1. The summed E-state index contributed by atoms with van der Waals surface area (Å²) in [6, 6.07) is 14.3. The summed E-state index contributed by atoms with van der Waals surface area (Å²) >= 11 is 0. The summed E-state index contributed by atoms with van der Waals surface area (Å²) in [5.41, 5.74) is 3.25. The fourth-order valence-electron chi connectivity index (χ4n) is 4.73. The van der Waals surface area contributed by atoms with Gasteiger partial charge in [-0.1, -0.05) is 19.1 Å². The van der Waals surface area contributed by atoms with Gasteiger partial charge in [-0.2, -0.15) is 5.26 Å². The van der Waals surface area contributed by atoms with Crippen LogP contribution < -0.4 is 14.2 Å². The topological polar surface area (TPSA) is 58.0 Å². The molecule has 1 fully saturated rings. The molecule has 6 nitrogen and oxygen atoms in total. The smallest absolute Gasteiger partial charge is 0.231 e. The van der Waals surface area contributed by atoms with Gasteiger partial charge in [-0.05, 0) is 68.0 Å². The fraction of sp³-hybridized carbons (Fsp3) is 0.519. The van der Waals surface area contributed by atoms with Crippen LogP contribution in [-0.4, -0.2) is 62.5 Å². The standard InChI is InChI=1S/C27H35N3O3/c1-3-22(23-6-7-24(19-28)21(2)17-23)5-4-10-29-11-13-30(14-12-29)15-16-31-25-8-9-26-27(18-25)33-20-32-26/h6-9,17-18,22H,3-5,10-16,20H2,1-2H3. The lowest BCUT2D eigenvalue weighted by atomic mass is 9.90. The molecule has 0 radical (unpaired) electrons. The molecule has 176 valence electrons. The monoisotopic (exact) mass is 449 g/mol. The van der Waals surface area contributed by atoms with Crippen molar-refractivity contribution in [2.24, 2.45) is 0 Å². The van der Waals surface area contributed by atoms with Crippen LogP contribution in [0.1, 0.15) is 48.8 Å². The minimum Gasteiger partial charge on any atom is -0.492 e. The lowest BCUT2D eigenvalue weighted by molar-refractivity contribution is 0.115. The van der Waals surface area contributed by atoms with Gasteiger partial charge >= 0.3 is 0 Å². The lowest BCUT2D eigenvalue weighted by Gasteiger charge is -2.34. The van der Waals surface area contributed by atoms with Crippen LogP contribution in [0, 0.1) is 18.3 Å². The molecular weight excluding hydrogens is 414 g/mol. The fourth-order valence-corrected chi connectivity index (χ4v) is 4.73. The van der Waals surface area contributed by atoms with Crippen molar-refractivity contribution in [2.45, 2.75) is 39.0 Å². The van der Waals surface area contributed by atoms with Crippen LogP contribution in [0.25, 0.3) is 0 Å². The predicted octanol–water partition coefficient (Wildman–Crippen LogP) is 4.57. The Kier molecular flexibility index (Phi) is 8.09. The first-order chi connectivity index (χ1) is 16.2. The number of nitriles is 1. The molecule has 33 heavy (non-hydrogen) atoms. The van der Waals surface area contributed by atoms with Crippen LogP contribution in [-0.2, 0) is 0 Å². The number of nitrogens with zero attached hydrogens (tertiary/aromatic N) is 3. The molecule has 0 saturated carbocycles. The van der Waals surface area contributed by atoms with Crippen molar-refractivity contribution in [2.75, 3.05) is 52.7 Å². The third-order valence-corrected chi connectivity index (χ3v) is 6.85. The highest BCUT2D eigenvalue weighted by Gasteiger charge is 2.18. The zero-order chi connectivity index (χ0) is 23.0. The molecule has 2 aliphatic heterocycles. The van der Waals surface area contributed by atoms with E-state index < -0.39 is 0 Å². The van der Waals surface area contributed by atoms with Crippen LogP contribution in [0.5, 0.6) is 17.2 Å². The largest absolute Gasteiger partial charge is 0.492 e. The second-order valence-corrected chi connectivity index (χ2v) is 8.98. The van der Waals surface area contributed by atoms with Crippen molar-refractivity contribution in [3.8, 4) is 23.3 Å². The molecule has 0 spiro atoms. The van der Waals surface area contributed by atoms with Crippen LogP contribution in [0.3, 0.4) is 0 Å². The molecule has 4 rings (SSSR count). The molecule has 0 amide bonds. The Labute approximate surface area is 197 Å². The maximum atomic E-state index is 9.17. The molecule has 6 heteroatoms. The normalized spacial score (nSPS) is 17.0. The highest BCUT2D eigenvalue weighted by molar-refractivity contribution is 5.46. The quantitative estimate of drug-likeness (QED) is 0.530. The average Bonchev–Trinajstić information content (AvgIpc) is 3.31. The van der Waals surface area contributed by atoms with Crippen molar-refractivity contribution in [1.82, 2.24) is 9.80 Å². The summed E-state index contributed by atoms with van der Waals surface area (Å²) in [6.45, 7) is 11.8. The Balaban J connectivity index is 1.13. The number of ether oxygens (including phenoxy) is 3. The van der Waals surface area contributed by atoms with Gasteiger partial charge in [0.05, 0.1) is 11.6 Å². The summed E-state index contributed by atoms with van der Waals surface area (Å²) in [5, 5.41) is 9.17. The van der Waals surface area contributed by atoms with Crippen molar-refractivity contribution in [3.05, 3.63) is 53.1 Å². The van der Waals surface area contributed by atoms with Gasteiger partial charge in [0.25, 0.3) is 0 Å². The van der Waals surface area contributed by atoms with Crippen LogP contribution in [0.4, 0.5) is 0 Å². The van der Waals surface area contributed by atoms with Gasteiger partial charge in [0, 0.05) is 38.8 Å². The van der Waals surface area contributed by atoms with E-state index >= 15 is 0 Å². The second-order valence-electron chi connectivity index (χ2n) is 8.98. The molecule has 2 aromatic carbocycles. The summed E-state index contributed by atoms with van der Waals surface area (Å²) in [6.07, 6.45) is 3.55. The zero-order valence-electron chi connectivity index (χ0n) is 19.9. The van der Waals surface area contributed by atoms with Crippen molar-refractivity contribution in [1.29, 1.82) is 5.26 Å². The number of fused-ring (bicyclic) bond motifs is 1. The van der Waals surface area contributed by atoms with Crippen molar-refractivity contribution in [3.63, 3.8) is 0 Å². The number of hydrogen-bond donors (Lipinski definition) is 0. The maximum absolute atomic E-state index is 9.17. The van der Waals surface area contributed by atoms with E-state index in [4.69, 9.17) is 19.5 Å². The van der Waals surface area contributed by atoms with E-state index in [-0.39, 0.29) is 6.79 Å². The minimum absolute atomic E-state index is 0.289. The second kappa shape index (κ2) is 11.4. The highest BCUT2D eigenvalue weighted by Crippen LogP contribution is 2.35. The van der Waals surface area contributed by atoms with E-state index in [1.807, 2.05) is 31.2 Å². The molecule has 1 atom stereocenters. The molecule has 1 unspecified atom stereocenters. The zero-order valence-corrected chi connectivity index (χ0v) is 19.9. The summed E-state index contributed by atoms with van der Waals surface area (Å²) < 4.78 is 16.7. The Morgan fingerprint density at radius 2 is 1.76 bits per heavy atom. The first-order valence-electron chi connectivity index (χ1n) is 12.1. The van der Waals surface area contributed by atoms with Gasteiger partial charge in [-0.3, -0.25) is 4.90 Å². The van der Waals surface area contributed by atoms with E-state index in [1.54, 1.807) is 0 Å². The average molecular weight is 450 g/mol. The third kappa shape index (κ3) is 6.19. The van der Waals surface area contributed by atoms with Gasteiger partial charge in [0.1, 0.15) is 12.4 Å². The molecule has 0 aliphatic carbocycles. The van der Waals surface area contributed by atoms with E-state index in [9.17, 15) is 0 Å². The molecular formula is C27H35N3O3. The van der Waals surface area contributed by atoms with Gasteiger partial charge < -0.3 is 19.1 Å². The lowest BCUT2D eigenvalue weighted by Crippen LogP contribution is -2.47. The van der Waals surface area contributed by atoms with E-state index in [1.165, 1.54) is 18.4 Å². The number of piperazine rings is 1. The first kappa shape index (κ1) is 23.4. The Morgan fingerprint density at radius 3 is 2.48 bits per heavy atom. The predicted molar refractivity (Wildman–Crippen MR) is 129 cm³/mol. The molecule has 2 heterocycles. The van der Waals surface area contributed by atoms with Gasteiger partial charge in [-0.15, -0.1) is 0 Å². The van der Waals surface area contributed by atoms with Crippen LogP contribution in [0.15, 0.2) is 36.4 Å². The summed E-state index contributed by atoms with van der Waals surface area (Å²) in [5.74, 6) is 2.96. The van der Waals surface area contributed by atoms with Crippen molar-refractivity contribution < 1.29 is 14.2 Å². The van der Waals surface area contributed by atoms with Gasteiger partial charge in [0.2, 0.25) is 6.79 Å². The molecule has 0 aromatic heterocycles. The minimum atomic E-state index is 0.289. The number of aryl methyl sites for hydroxylation is 1. The van der Waals surface area contributed by atoms with Crippen LogP contribution >= 0.6 is 0 Å². The van der Waals surface area contributed by atoms with E-state index in [0.29, 0.717) is 12.5 Å². The third-order valence-electron chi connectivity index (χ3n) is 6.85. The Bertz CT molecular complexity index is 964. The first-order valence-corrected chi connectivity index (χ1v) is 12.1. The summed E-state index contributed by atoms with van der Waals surface area (Å²) in [7, 11) is 0. The number of hydrogen-bond acceptors (Lipinski definition) is 6. The molecule has 2 aliphatic rings. The summed E-state index contributed by atoms with van der Waals surface area (Å²) in [4.78, 5) is 5.07. The van der Waals surface area contributed by atoms with E-state index in [2.05, 4.69) is 34.9 Å². The highest BCUT2D eigenvalue weighted by atomic mass is 16.7. The van der Waals surface area contributed by atoms with Gasteiger partial charge in [0.15, 0.2) is 11.5 Å². The number of rotatable bonds is 10. The Hall–Kier alpha value is -2.75. The maximum Gasteiger partial charge on any atom is 0.231 e. The molecule has 2 aromatic rings. The number of benzene rings is 2. The van der Waals surface area contributed by atoms with Crippen LogP contribution in [0.2, 0.25) is 0 Å². The Morgan fingerprint density at radius 1 is 1.00 bits per heavy atom. The molecule has 0 bridgehead atoms. The molecule has 1 saturated heterocycles. The van der Waals surface area contributed by atoms with E-state index in [0.717, 1.165) is 74.1 Å². The molecule has 0 N–H and O–H groups in total. The van der Waals surface area contributed by atoms with Crippen molar-refractivity contribution >= 4 is 0 Å². The van der Waals surface area contributed by atoms with Gasteiger partial charge in [-0.25, -0.2) is 0 Å².